The number of hydrogen-bond donors (Lipinski definition) is 1. The Morgan fingerprint density at radius 1 is 1.19 bits per heavy atom. The van der Waals surface area contributed by atoms with E-state index in [1.807, 2.05) is 28.9 Å². The number of carbonyl (C=O) groups is 2. The Hall–Kier alpha value is -3.62. The van der Waals surface area contributed by atoms with E-state index in [0.717, 1.165) is 49.2 Å². The topological polar surface area (TPSA) is 94.3 Å². The van der Waals surface area contributed by atoms with Crippen LogP contribution in [0.3, 0.4) is 0 Å². The van der Waals surface area contributed by atoms with E-state index < -0.39 is 0 Å². The van der Waals surface area contributed by atoms with E-state index >= 15 is 0 Å². The summed E-state index contributed by atoms with van der Waals surface area (Å²) in [7, 11) is 1.61. The van der Waals surface area contributed by atoms with E-state index in [9.17, 15) is 9.59 Å². The van der Waals surface area contributed by atoms with Gasteiger partial charge >= 0.3 is 0 Å². The Balaban J connectivity index is 1.39. The zero-order valence-electron chi connectivity index (χ0n) is 21.2. The minimum Gasteiger partial charge on any atom is -0.494 e. The molecule has 0 atom stereocenters. The highest BCUT2D eigenvalue weighted by molar-refractivity contribution is 5.96. The first-order chi connectivity index (χ1) is 17.4. The molecule has 190 valence electrons. The summed E-state index contributed by atoms with van der Waals surface area (Å²) in [6.45, 7) is 5.96. The van der Waals surface area contributed by atoms with Gasteiger partial charge in [0.2, 0.25) is 0 Å². The summed E-state index contributed by atoms with van der Waals surface area (Å²) in [5.41, 5.74) is 3.65. The van der Waals surface area contributed by atoms with Crippen molar-refractivity contribution in [1.82, 2.24) is 29.8 Å². The van der Waals surface area contributed by atoms with Gasteiger partial charge in [-0.05, 0) is 30.9 Å². The van der Waals surface area contributed by atoms with Gasteiger partial charge < -0.3 is 15.0 Å². The van der Waals surface area contributed by atoms with Crippen molar-refractivity contribution in [3.63, 3.8) is 0 Å². The minimum absolute atomic E-state index is 0.111. The Morgan fingerprint density at radius 3 is 2.72 bits per heavy atom. The first-order valence-electron chi connectivity index (χ1n) is 12.8. The first-order valence-corrected chi connectivity index (χ1v) is 12.8. The Bertz CT molecular complexity index is 1250. The molecule has 2 aromatic heterocycles. The molecule has 2 aliphatic rings. The number of rotatable bonds is 7. The van der Waals surface area contributed by atoms with Crippen molar-refractivity contribution >= 4 is 11.8 Å². The van der Waals surface area contributed by atoms with Gasteiger partial charge in [-0.3, -0.25) is 14.3 Å². The molecular formula is C27H34N6O3. The second kappa shape index (κ2) is 10.2. The van der Waals surface area contributed by atoms with E-state index in [1.165, 1.54) is 0 Å². The summed E-state index contributed by atoms with van der Waals surface area (Å²) in [5.74, 6) is 0.845. The van der Waals surface area contributed by atoms with Crippen LogP contribution in [0.15, 0.2) is 36.7 Å². The lowest BCUT2D eigenvalue weighted by Crippen LogP contribution is -2.38. The molecule has 36 heavy (non-hydrogen) atoms. The number of fused-ring (bicyclic) bond motifs is 1. The molecule has 9 heteroatoms. The van der Waals surface area contributed by atoms with E-state index in [0.29, 0.717) is 42.4 Å². The maximum absolute atomic E-state index is 13.5. The molecule has 1 aromatic carbocycles. The standard InChI is InChI=1S/C27H34N6O3/c1-18(2)15-33-22-12-13-31(17-21(22)25(30-33)26(34)29-20-8-4-5-9-20)27(35)19-14-28-32(16-19)23-10-6-7-11-24(23)36-3/h6-7,10-11,14,16,18,20H,4-5,8-9,12-13,15,17H2,1-3H3,(H,29,34). The lowest BCUT2D eigenvalue weighted by Gasteiger charge is -2.27. The van der Waals surface area contributed by atoms with E-state index in [4.69, 9.17) is 9.84 Å². The molecule has 2 amide bonds. The fraction of sp³-hybridized carbons (Fsp3) is 0.481. The van der Waals surface area contributed by atoms with E-state index in [-0.39, 0.29) is 17.9 Å². The van der Waals surface area contributed by atoms with Gasteiger partial charge in [-0.1, -0.05) is 38.8 Å². The van der Waals surface area contributed by atoms with Crippen LogP contribution in [-0.4, -0.2) is 56.0 Å². The van der Waals surface area contributed by atoms with Crippen molar-refractivity contribution in [1.29, 1.82) is 0 Å². The normalized spacial score (nSPS) is 15.8. The third-order valence-electron chi connectivity index (χ3n) is 7.03. The van der Waals surface area contributed by atoms with Crippen LogP contribution >= 0.6 is 0 Å². The van der Waals surface area contributed by atoms with Gasteiger partial charge in [-0.15, -0.1) is 0 Å². The maximum Gasteiger partial charge on any atom is 0.272 e. The van der Waals surface area contributed by atoms with Crippen LogP contribution in [0.1, 0.15) is 71.6 Å². The first kappa shape index (κ1) is 24.1. The fourth-order valence-corrected chi connectivity index (χ4v) is 5.23. The number of amides is 2. The van der Waals surface area contributed by atoms with Gasteiger partial charge in [-0.25, -0.2) is 4.68 Å². The third-order valence-corrected chi connectivity index (χ3v) is 7.03. The van der Waals surface area contributed by atoms with Crippen LogP contribution < -0.4 is 10.1 Å². The van der Waals surface area contributed by atoms with Crippen molar-refractivity contribution in [2.24, 2.45) is 5.92 Å². The van der Waals surface area contributed by atoms with Crippen LogP contribution in [0.25, 0.3) is 5.69 Å². The van der Waals surface area contributed by atoms with Gasteiger partial charge in [0.05, 0.1) is 25.4 Å². The van der Waals surface area contributed by atoms with Crippen LogP contribution in [-0.2, 0) is 19.5 Å². The number of nitrogens with one attached hydrogen (secondary N) is 1. The number of methoxy groups -OCH3 is 1. The van der Waals surface area contributed by atoms with E-state index in [1.54, 1.807) is 29.1 Å². The summed E-state index contributed by atoms with van der Waals surface area (Å²) in [4.78, 5) is 28.5. The highest BCUT2D eigenvalue weighted by Gasteiger charge is 2.32. The molecule has 1 fully saturated rings. The Kier molecular flexibility index (Phi) is 6.80. The van der Waals surface area contributed by atoms with E-state index in [2.05, 4.69) is 24.3 Å². The fourth-order valence-electron chi connectivity index (χ4n) is 5.23. The van der Waals surface area contributed by atoms with Gasteiger partial charge in [0.15, 0.2) is 5.69 Å². The number of benzene rings is 1. The average molecular weight is 491 g/mol. The SMILES string of the molecule is COc1ccccc1-n1cc(C(=O)N2CCc3c(c(C(=O)NC4CCCC4)nn3CC(C)C)C2)cn1. The van der Waals surface area contributed by atoms with Crippen LogP contribution in [0.5, 0.6) is 5.75 Å². The third kappa shape index (κ3) is 4.74. The van der Waals surface area contributed by atoms with Gasteiger partial charge in [0.1, 0.15) is 11.4 Å². The molecule has 3 heterocycles. The van der Waals surface area contributed by atoms with Gasteiger partial charge in [-0.2, -0.15) is 10.2 Å². The molecule has 1 saturated carbocycles. The Morgan fingerprint density at radius 2 is 1.97 bits per heavy atom. The monoisotopic (exact) mass is 490 g/mol. The molecule has 1 aliphatic carbocycles. The van der Waals surface area contributed by atoms with Gasteiger partial charge in [0.25, 0.3) is 11.8 Å². The second-order valence-electron chi connectivity index (χ2n) is 10.1. The minimum atomic E-state index is -0.126. The number of ether oxygens (including phenoxy) is 1. The summed E-state index contributed by atoms with van der Waals surface area (Å²) >= 11 is 0. The number of hydrogen-bond acceptors (Lipinski definition) is 5. The van der Waals surface area contributed by atoms with Crippen molar-refractivity contribution < 1.29 is 14.3 Å². The summed E-state index contributed by atoms with van der Waals surface area (Å²) in [5, 5.41) is 12.3. The largest absolute Gasteiger partial charge is 0.494 e. The highest BCUT2D eigenvalue weighted by Crippen LogP contribution is 2.27. The molecule has 0 bridgehead atoms. The second-order valence-corrected chi connectivity index (χ2v) is 10.1. The predicted octanol–water partition coefficient (Wildman–Crippen LogP) is 3.60. The molecule has 0 radical (unpaired) electrons. The molecule has 9 nitrogen and oxygen atoms in total. The zero-order chi connectivity index (χ0) is 25.2. The van der Waals surface area contributed by atoms with Crippen molar-refractivity contribution in [3.05, 3.63) is 59.2 Å². The number of carbonyl (C=O) groups excluding carboxylic acids is 2. The Labute approximate surface area is 211 Å². The lowest BCUT2D eigenvalue weighted by atomic mass is 10.0. The molecule has 1 aliphatic heterocycles. The molecule has 5 rings (SSSR count). The van der Waals surface area contributed by atoms with Gasteiger partial charge in [0, 0.05) is 43.0 Å². The molecule has 0 unspecified atom stereocenters. The molecule has 3 aromatic rings. The maximum atomic E-state index is 13.5. The predicted molar refractivity (Wildman–Crippen MR) is 135 cm³/mol. The van der Waals surface area contributed by atoms with Crippen molar-refractivity contribution in [3.8, 4) is 11.4 Å². The molecular weight excluding hydrogens is 456 g/mol. The molecule has 1 N–H and O–H groups in total. The number of aromatic nitrogens is 4. The number of para-hydroxylation sites is 2. The van der Waals surface area contributed by atoms with Crippen LogP contribution in [0, 0.1) is 5.92 Å². The average Bonchev–Trinajstić information content (AvgIpc) is 3.64. The number of nitrogens with zero attached hydrogens (tertiary/aromatic N) is 5. The quantitative estimate of drug-likeness (QED) is 0.546. The summed E-state index contributed by atoms with van der Waals surface area (Å²) < 4.78 is 9.07. The van der Waals surface area contributed by atoms with Crippen molar-refractivity contribution in [2.75, 3.05) is 13.7 Å². The highest BCUT2D eigenvalue weighted by atomic mass is 16.5. The van der Waals surface area contributed by atoms with Crippen LogP contribution in [0.4, 0.5) is 0 Å². The molecule has 0 spiro atoms. The zero-order valence-corrected chi connectivity index (χ0v) is 21.2. The smallest absolute Gasteiger partial charge is 0.272 e. The summed E-state index contributed by atoms with van der Waals surface area (Å²) in [6, 6.07) is 7.76. The lowest BCUT2D eigenvalue weighted by molar-refractivity contribution is 0.0730. The molecule has 0 saturated heterocycles. The summed E-state index contributed by atoms with van der Waals surface area (Å²) in [6.07, 6.45) is 8.30. The van der Waals surface area contributed by atoms with Crippen LogP contribution in [0.2, 0.25) is 0 Å². The van der Waals surface area contributed by atoms with Crippen molar-refractivity contribution in [2.45, 2.75) is 65.1 Å².